The lowest BCUT2D eigenvalue weighted by Gasteiger charge is -2.19. The van der Waals surface area contributed by atoms with Gasteiger partial charge in [0.2, 0.25) is 0 Å². The van der Waals surface area contributed by atoms with E-state index in [1.54, 1.807) is 6.92 Å². The number of aliphatic carboxylic acids is 1. The summed E-state index contributed by atoms with van der Waals surface area (Å²) in [4.78, 5) is 11.0. The minimum Gasteiger partial charge on any atom is -0.481 e. The van der Waals surface area contributed by atoms with Gasteiger partial charge < -0.3 is 5.11 Å². The molecule has 0 aliphatic heterocycles. The highest BCUT2D eigenvalue weighted by atomic mass is 16.4. The lowest BCUT2D eigenvalue weighted by atomic mass is 9.84. The van der Waals surface area contributed by atoms with E-state index in [-0.39, 0.29) is 0 Å². The van der Waals surface area contributed by atoms with Gasteiger partial charge in [-0.2, -0.15) is 0 Å². The number of carboxylic acids is 1. The van der Waals surface area contributed by atoms with Crippen molar-refractivity contribution >= 4 is 5.97 Å². The van der Waals surface area contributed by atoms with E-state index >= 15 is 0 Å². The predicted molar refractivity (Wildman–Crippen MR) is 56.1 cm³/mol. The first kappa shape index (κ1) is 10.5. The smallest absolute Gasteiger partial charge is 0.313 e. The van der Waals surface area contributed by atoms with Crippen LogP contribution in [0.1, 0.15) is 12.5 Å². The summed E-state index contributed by atoms with van der Waals surface area (Å²) in [6.45, 7) is 5.25. The molecule has 1 aromatic carbocycles. The van der Waals surface area contributed by atoms with E-state index in [4.69, 9.17) is 5.11 Å². The Bertz CT molecular complexity index is 329. The van der Waals surface area contributed by atoms with Crippen LogP contribution in [0, 0.1) is 5.41 Å². The van der Waals surface area contributed by atoms with Crippen LogP contribution >= 0.6 is 0 Å². The van der Waals surface area contributed by atoms with Gasteiger partial charge in [-0.3, -0.25) is 4.79 Å². The summed E-state index contributed by atoms with van der Waals surface area (Å²) in [5.41, 5.74) is 0.138. The number of hydrogen-bond donors (Lipinski definition) is 1. The van der Waals surface area contributed by atoms with Crippen LogP contribution in [0.25, 0.3) is 0 Å². The van der Waals surface area contributed by atoms with Crippen molar-refractivity contribution in [1.29, 1.82) is 0 Å². The van der Waals surface area contributed by atoms with E-state index in [2.05, 4.69) is 6.58 Å². The topological polar surface area (TPSA) is 37.3 Å². The van der Waals surface area contributed by atoms with Gasteiger partial charge in [-0.25, -0.2) is 0 Å². The molecule has 2 heteroatoms. The lowest BCUT2D eigenvalue weighted by molar-refractivity contribution is -0.145. The molecule has 1 aromatic rings. The van der Waals surface area contributed by atoms with Crippen molar-refractivity contribution in [3.8, 4) is 0 Å². The summed E-state index contributed by atoms with van der Waals surface area (Å²) in [5.74, 6) is -0.837. The molecule has 0 heterocycles. The van der Waals surface area contributed by atoms with E-state index in [0.29, 0.717) is 6.42 Å². The van der Waals surface area contributed by atoms with Crippen LogP contribution in [0.15, 0.2) is 43.0 Å². The molecule has 0 spiro atoms. The number of hydrogen-bond acceptors (Lipinski definition) is 1. The standard InChI is InChI=1S/C12H14O2/c1-3-12(2,11(13)14)9-10-7-5-4-6-8-10/h3-8H,1,9H2,2H3,(H,13,14)/t12-/m0/s1. The fraction of sp³-hybridized carbons (Fsp3) is 0.250. The highest BCUT2D eigenvalue weighted by Gasteiger charge is 2.29. The Labute approximate surface area is 83.9 Å². The van der Waals surface area contributed by atoms with E-state index in [0.717, 1.165) is 5.56 Å². The third-order valence-electron chi connectivity index (χ3n) is 2.35. The largest absolute Gasteiger partial charge is 0.481 e. The van der Waals surface area contributed by atoms with Crippen molar-refractivity contribution in [3.63, 3.8) is 0 Å². The molecule has 0 radical (unpaired) electrons. The van der Waals surface area contributed by atoms with Gasteiger partial charge >= 0.3 is 5.97 Å². The monoisotopic (exact) mass is 190 g/mol. The van der Waals surface area contributed by atoms with Crippen molar-refractivity contribution in [2.45, 2.75) is 13.3 Å². The van der Waals surface area contributed by atoms with Crippen molar-refractivity contribution in [1.82, 2.24) is 0 Å². The van der Waals surface area contributed by atoms with E-state index in [9.17, 15) is 4.79 Å². The maximum atomic E-state index is 11.0. The Morgan fingerprint density at radius 2 is 2.07 bits per heavy atom. The molecule has 0 bridgehead atoms. The zero-order valence-electron chi connectivity index (χ0n) is 8.23. The van der Waals surface area contributed by atoms with Gasteiger partial charge in [0.1, 0.15) is 0 Å². The van der Waals surface area contributed by atoms with Crippen molar-refractivity contribution < 1.29 is 9.90 Å². The molecule has 2 nitrogen and oxygen atoms in total. The molecule has 1 N–H and O–H groups in total. The minimum absolute atomic E-state index is 0.479. The first-order chi connectivity index (χ1) is 6.58. The molecule has 0 aromatic heterocycles. The molecule has 14 heavy (non-hydrogen) atoms. The van der Waals surface area contributed by atoms with Crippen LogP contribution in [0.5, 0.6) is 0 Å². The zero-order chi connectivity index (χ0) is 10.6. The summed E-state index contributed by atoms with van der Waals surface area (Å²) < 4.78 is 0. The van der Waals surface area contributed by atoms with Crippen LogP contribution in [0.3, 0.4) is 0 Å². The van der Waals surface area contributed by atoms with Gasteiger partial charge in [-0.15, -0.1) is 6.58 Å². The Balaban J connectivity index is 2.86. The van der Waals surface area contributed by atoms with Crippen LogP contribution in [-0.4, -0.2) is 11.1 Å². The van der Waals surface area contributed by atoms with Crippen LogP contribution in [0.4, 0.5) is 0 Å². The third-order valence-corrected chi connectivity index (χ3v) is 2.35. The normalized spacial score (nSPS) is 14.4. The molecular weight excluding hydrogens is 176 g/mol. The summed E-state index contributed by atoms with van der Waals surface area (Å²) in [5, 5.41) is 9.02. The summed E-state index contributed by atoms with van der Waals surface area (Å²) in [6, 6.07) is 9.56. The fourth-order valence-corrected chi connectivity index (χ4v) is 1.25. The molecule has 1 atom stereocenters. The molecule has 0 amide bonds. The van der Waals surface area contributed by atoms with Crippen LogP contribution in [-0.2, 0) is 11.2 Å². The van der Waals surface area contributed by atoms with Crippen molar-refractivity contribution in [2.75, 3.05) is 0 Å². The SMILES string of the molecule is C=C[C@@](C)(Cc1ccccc1)C(=O)O. The second-order valence-electron chi connectivity index (χ2n) is 3.59. The summed E-state index contributed by atoms with van der Waals surface area (Å²) >= 11 is 0. The number of carbonyl (C=O) groups is 1. The summed E-state index contributed by atoms with van der Waals surface area (Å²) in [7, 11) is 0. The van der Waals surface area contributed by atoms with E-state index in [1.807, 2.05) is 30.3 Å². The Hall–Kier alpha value is -1.57. The average molecular weight is 190 g/mol. The molecule has 0 saturated heterocycles. The molecule has 1 rings (SSSR count). The molecule has 74 valence electrons. The van der Waals surface area contributed by atoms with Gasteiger partial charge in [-0.05, 0) is 18.9 Å². The molecule has 0 aliphatic carbocycles. The number of rotatable bonds is 4. The highest BCUT2D eigenvalue weighted by Crippen LogP contribution is 2.23. The Morgan fingerprint density at radius 1 is 1.50 bits per heavy atom. The van der Waals surface area contributed by atoms with E-state index < -0.39 is 11.4 Å². The third kappa shape index (κ3) is 2.22. The van der Waals surface area contributed by atoms with Gasteiger partial charge in [0.25, 0.3) is 0 Å². The first-order valence-corrected chi connectivity index (χ1v) is 4.49. The summed E-state index contributed by atoms with van der Waals surface area (Å²) in [6.07, 6.45) is 1.97. The second-order valence-corrected chi connectivity index (χ2v) is 3.59. The van der Waals surface area contributed by atoms with Gasteiger partial charge in [0.05, 0.1) is 5.41 Å². The Morgan fingerprint density at radius 3 is 2.50 bits per heavy atom. The van der Waals surface area contributed by atoms with Crippen molar-refractivity contribution in [2.24, 2.45) is 5.41 Å². The average Bonchev–Trinajstić information content (AvgIpc) is 2.19. The van der Waals surface area contributed by atoms with Crippen LogP contribution in [0.2, 0.25) is 0 Å². The van der Waals surface area contributed by atoms with Crippen LogP contribution < -0.4 is 0 Å². The molecule has 0 saturated carbocycles. The predicted octanol–water partition coefficient (Wildman–Crippen LogP) is 2.51. The maximum Gasteiger partial charge on any atom is 0.313 e. The maximum absolute atomic E-state index is 11.0. The zero-order valence-corrected chi connectivity index (χ0v) is 8.23. The molecule has 0 fully saturated rings. The Kier molecular flexibility index (Phi) is 3.07. The molecule has 0 unspecified atom stereocenters. The van der Waals surface area contributed by atoms with E-state index in [1.165, 1.54) is 6.08 Å². The molecular formula is C12H14O2. The fourth-order valence-electron chi connectivity index (χ4n) is 1.25. The van der Waals surface area contributed by atoms with Crippen molar-refractivity contribution in [3.05, 3.63) is 48.6 Å². The second kappa shape index (κ2) is 4.09. The van der Waals surface area contributed by atoms with Gasteiger partial charge in [0, 0.05) is 0 Å². The van der Waals surface area contributed by atoms with Gasteiger partial charge in [0.15, 0.2) is 0 Å². The quantitative estimate of drug-likeness (QED) is 0.741. The lowest BCUT2D eigenvalue weighted by Crippen LogP contribution is -2.27. The molecule has 0 aliphatic rings. The van der Waals surface area contributed by atoms with Gasteiger partial charge in [-0.1, -0.05) is 36.4 Å². The number of benzene rings is 1. The number of carboxylic acid groups (broad SMARTS) is 1. The highest BCUT2D eigenvalue weighted by molar-refractivity contribution is 5.76. The first-order valence-electron chi connectivity index (χ1n) is 4.49. The minimum atomic E-state index is -0.874.